The second kappa shape index (κ2) is 16.0. The highest BCUT2D eigenvalue weighted by atomic mass is 16.7. The summed E-state index contributed by atoms with van der Waals surface area (Å²) in [6, 6.07) is 0. The van der Waals surface area contributed by atoms with Crippen molar-refractivity contribution in [2.24, 2.45) is 0 Å². The highest BCUT2D eigenvalue weighted by Gasteiger charge is 2.52. The van der Waals surface area contributed by atoms with E-state index < -0.39 is 137 Å². The lowest BCUT2D eigenvalue weighted by atomic mass is 9.97. The van der Waals surface area contributed by atoms with E-state index in [0.29, 0.717) is 0 Å². The van der Waals surface area contributed by atoms with Gasteiger partial charge in [-0.3, -0.25) is 0 Å². The zero-order chi connectivity index (χ0) is 32.2. The molecule has 3 aliphatic heterocycles. The summed E-state index contributed by atoms with van der Waals surface area (Å²) in [6.45, 7) is -3.59. The summed E-state index contributed by atoms with van der Waals surface area (Å²) in [5.41, 5.74) is 0. The Hall–Kier alpha value is -1.09. The molecule has 0 radical (unpaired) electrons. The van der Waals surface area contributed by atoms with Crippen molar-refractivity contribution in [3.05, 3.63) is 0 Å². The van der Waals surface area contributed by atoms with Crippen LogP contribution in [0.15, 0.2) is 0 Å². The molecule has 3 rings (SSSR count). The van der Waals surface area contributed by atoms with Crippen LogP contribution in [0.25, 0.3) is 0 Å². The third-order valence-electron chi connectivity index (χ3n) is 7.44. The van der Waals surface area contributed by atoms with Crippen molar-refractivity contribution in [2.45, 2.75) is 110 Å². The fraction of sp³-hybridized carbons (Fsp3) is 0.957. The third kappa shape index (κ3) is 7.84. The smallest absolute Gasteiger partial charge is 0.187 e. The molecule has 0 amide bonds. The van der Waals surface area contributed by atoms with Gasteiger partial charge in [0.15, 0.2) is 25.2 Å². The SMILES string of the molecule is O=C[C@H](O[C@@H]1O[C@H](CO)[C@@H](O)[C@H](O)[C@H]1O)[C@@H](O)[C@H](CO)O[C@@H]1O[C@H](CO)[C@@H](O)[C@H](O[C@@H]2O[C@H](CO)[C@@H](O)[C@H](O)[C@H]2O)[C@H]1O. The minimum absolute atomic E-state index is 0.0155. The van der Waals surface area contributed by atoms with Crippen molar-refractivity contribution in [2.75, 3.05) is 26.4 Å². The number of ether oxygens (including phenoxy) is 6. The van der Waals surface area contributed by atoms with Crippen molar-refractivity contribution in [3.63, 3.8) is 0 Å². The number of aliphatic hydroxyl groups excluding tert-OH is 13. The van der Waals surface area contributed by atoms with Gasteiger partial charge < -0.3 is 99.6 Å². The van der Waals surface area contributed by atoms with E-state index in [1.807, 2.05) is 0 Å². The lowest BCUT2D eigenvalue weighted by molar-refractivity contribution is -0.368. The third-order valence-corrected chi connectivity index (χ3v) is 7.44. The second-order valence-electron chi connectivity index (χ2n) is 10.3. The number of aliphatic hydroxyl groups is 13. The highest BCUT2D eigenvalue weighted by Crippen LogP contribution is 2.31. The summed E-state index contributed by atoms with van der Waals surface area (Å²) in [5.74, 6) is 0. The summed E-state index contributed by atoms with van der Waals surface area (Å²) >= 11 is 0. The van der Waals surface area contributed by atoms with Gasteiger partial charge in [0.2, 0.25) is 0 Å². The van der Waals surface area contributed by atoms with E-state index in [4.69, 9.17) is 28.4 Å². The molecular weight excluding hydrogens is 596 g/mol. The van der Waals surface area contributed by atoms with Gasteiger partial charge in [-0.25, -0.2) is 0 Å². The van der Waals surface area contributed by atoms with E-state index in [1.54, 1.807) is 0 Å². The van der Waals surface area contributed by atoms with Gasteiger partial charge >= 0.3 is 0 Å². The fourth-order valence-electron chi connectivity index (χ4n) is 4.80. The predicted octanol–water partition coefficient (Wildman–Crippen LogP) is -9.27. The van der Waals surface area contributed by atoms with E-state index in [2.05, 4.69) is 0 Å². The average Bonchev–Trinajstić information content (AvgIpc) is 3.00. The Morgan fingerprint density at radius 2 is 1.02 bits per heavy atom. The Morgan fingerprint density at radius 1 is 0.581 bits per heavy atom. The quantitative estimate of drug-likeness (QED) is 0.0834. The second-order valence-corrected chi connectivity index (χ2v) is 10.3. The van der Waals surface area contributed by atoms with Crippen LogP contribution in [-0.4, -0.2) is 210 Å². The van der Waals surface area contributed by atoms with Crippen molar-refractivity contribution < 1.29 is 99.6 Å². The summed E-state index contributed by atoms with van der Waals surface area (Å²) in [5, 5.41) is 131. The topological polar surface area (TPSA) is 335 Å². The predicted molar refractivity (Wildman–Crippen MR) is 129 cm³/mol. The van der Waals surface area contributed by atoms with Gasteiger partial charge in [0, 0.05) is 0 Å². The maximum Gasteiger partial charge on any atom is 0.187 e. The fourth-order valence-corrected chi connectivity index (χ4v) is 4.80. The Balaban J connectivity index is 1.73. The van der Waals surface area contributed by atoms with E-state index in [9.17, 15) is 71.2 Å². The van der Waals surface area contributed by atoms with Gasteiger partial charge in [0.25, 0.3) is 0 Å². The van der Waals surface area contributed by atoms with Gasteiger partial charge in [-0.1, -0.05) is 0 Å². The minimum atomic E-state index is -2.10. The van der Waals surface area contributed by atoms with Crippen LogP contribution in [0.2, 0.25) is 0 Å². The largest absolute Gasteiger partial charge is 0.394 e. The molecule has 3 aliphatic rings. The molecule has 0 aromatic carbocycles. The van der Waals surface area contributed by atoms with Crippen molar-refractivity contribution in [3.8, 4) is 0 Å². The molecule has 20 nitrogen and oxygen atoms in total. The Bertz CT molecular complexity index is 850. The number of hydrogen-bond acceptors (Lipinski definition) is 20. The zero-order valence-electron chi connectivity index (χ0n) is 22.5. The zero-order valence-corrected chi connectivity index (χ0v) is 22.5. The van der Waals surface area contributed by atoms with E-state index in [1.165, 1.54) is 0 Å². The molecule has 3 fully saturated rings. The summed E-state index contributed by atoms with van der Waals surface area (Å²) in [7, 11) is 0. The van der Waals surface area contributed by atoms with E-state index in [0.717, 1.165) is 0 Å². The molecule has 0 unspecified atom stereocenters. The monoisotopic (exact) mass is 636 g/mol. The van der Waals surface area contributed by atoms with Crippen LogP contribution in [0.5, 0.6) is 0 Å². The van der Waals surface area contributed by atoms with Crippen LogP contribution in [0.1, 0.15) is 0 Å². The van der Waals surface area contributed by atoms with Gasteiger partial charge in [0.05, 0.1) is 26.4 Å². The molecule has 0 spiro atoms. The van der Waals surface area contributed by atoms with Gasteiger partial charge in [-0.05, 0) is 0 Å². The maximum absolute atomic E-state index is 11.8. The summed E-state index contributed by atoms with van der Waals surface area (Å²) in [4.78, 5) is 11.8. The molecule has 0 saturated carbocycles. The first-order valence-electron chi connectivity index (χ1n) is 13.3. The van der Waals surface area contributed by atoms with E-state index in [-0.39, 0.29) is 6.29 Å². The van der Waals surface area contributed by atoms with Gasteiger partial charge in [-0.15, -0.1) is 0 Å². The standard InChI is InChI=1S/C23H40O20/c24-1-6(38-21-17(35)15(33)12(30)8(3-26)40-21)11(29)7(2-25)39-23-19(37)20(14(32)10(5-28)42-23)43-22-18(36)16(34)13(31)9(4-27)41-22/h1,6-23,25-37H,2-5H2/t6-,7-,8+,9+,10+,11+,12+,13+,14+,15-,16-,17+,18+,19+,20-,21+,22-,23+/m0/s1. The number of aldehydes is 1. The molecular formula is C23H40O20. The van der Waals surface area contributed by atoms with Crippen LogP contribution in [0, 0.1) is 0 Å². The van der Waals surface area contributed by atoms with Gasteiger partial charge in [-0.2, -0.15) is 0 Å². The van der Waals surface area contributed by atoms with Crippen LogP contribution < -0.4 is 0 Å². The normalized spacial score (nSPS) is 46.2. The molecule has 0 aromatic heterocycles. The first-order chi connectivity index (χ1) is 20.3. The molecule has 3 heterocycles. The molecule has 20 heteroatoms. The van der Waals surface area contributed by atoms with Crippen molar-refractivity contribution in [1.29, 1.82) is 0 Å². The van der Waals surface area contributed by atoms with Crippen molar-refractivity contribution in [1.82, 2.24) is 0 Å². The van der Waals surface area contributed by atoms with Crippen LogP contribution in [0.4, 0.5) is 0 Å². The molecule has 18 atom stereocenters. The minimum Gasteiger partial charge on any atom is -0.394 e. The van der Waals surface area contributed by atoms with E-state index >= 15 is 0 Å². The number of carbonyl (C=O) groups excluding carboxylic acids is 1. The molecule has 0 aromatic rings. The number of rotatable bonds is 13. The molecule has 3 saturated heterocycles. The summed E-state index contributed by atoms with van der Waals surface area (Å²) < 4.78 is 31.7. The average molecular weight is 637 g/mol. The molecule has 43 heavy (non-hydrogen) atoms. The molecule has 0 aliphatic carbocycles. The van der Waals surface area contributed by atoms with Crippen molar-refractivity contribution >= 4 is 6.29 Å². The Morgan fingerprint density at radius 3 is 1.49 bits per heavy atom. The maximum atomic E-state index is 11.8. The Kier molecular flexibility index (Phi) is 13.5. The van der Waals surface area contributed by atoms with Crippen LogP contribution in [-0.2, 0) is 33.2 Å². The summed E-state index contributed by atoms with van der Waals surface area (Å²) in [6.07, 6.45) is -32.7. The lowest BCUT2D eigenvalue weighted by Gasteiger charge is -2.46. The number of carbonyl (C=O) groups is 1. The first kappa shape index (κ1) is 36.4. The Labute approximate surface area is 243 Å². The van der Waals surface area contributed by atoms with Crippen LogP contribution >= 0.6 is 0 Å². The first-order valence-corrected chi connectivity index (χ1v) is 13.3. The molecule has 252 valence electrons. The highest BCUT2D eigenvalue weighted by molar-refractivity contribution is 5.57. The van der Waals surface area contributed by atoms with Gasteiger partial charge in [0.1, 0.15) is 91.6 Å². The lowest BCUT2D eigenvalue weighted by Crippen LogP contribution is -2.65. The van der Waals surface area contributed by atoms with Crippen LogP contribution in [0.3, 0.4) is 0 Å². The molecule has 13 N–H and O–H groups in total. The number of hydrogen-bond donors (Lipinski definition) is 13. The molecule has 0 bridgehead atoms.